The first-order valence-electron chi connectivity index (χ1n) is 9.75. The minimum atomic E-state index is -4.65. The van der Waals surface area contributed by atoms with Gasteiger partial charge in [0.25, 0.3) is 11.8 Å². The minimum absolute atomic E-state index is 0.0614. The van der Waals surface area contributed by atoms with Crippen LogP contribution in [0.5, 0.6) is 0 Å². The first-order valence-corrected chi connectivity index (χ1v) is 10.9. The maximum Gasteiger partial charge on any atom is 0.417 e. The maximum atomic E-state index is 13.0. The van der Waals surface area contributed by atoms with Gasteiger partial charge in [-0.2, -0.15) is 13.2 Å². The largest absolute Gasteiger partial charge is 0.417 e. The van der Waals surface area contributed by atoms with Crippen molar-refractivity contribution in [2.24, 2.45) is 7.05 Å². The third-order valence-electron chi connectivity index (χ3n) is 4.87. The summed E-state index contributed by atoms with van der Waals surface area (Å²) < 4.78 is 40.9. The smallest absolute Gasteiger partial charge is 0.342 e. The third kappa shape index (κ3) is 4.73. The zero-order valence-corrected chi connectivity index (χ0v) is 19.2. The average molecular weight is 509 g/mol. The summed E-state index contributed by atoms with van der Waals surface area (Å²) in [4.78, 5) is 37.8. The van der Waals surface area contributed by atoms with Crippen LogP contribution >= 0.6 is 22.9 Å². The molecule has 0 radical (unpaired) electrons. The lowest BCUT2D eigenvalue weighted by molar-refractivity contribution is -0.137. The number of nitrogens with zero attached hydrogens (tertiary/aromatic N) is 4. The number of hydrogen-bond acceptors (Lipinski definition) is 6. The van der Waals surface area contributed by atoms with Gasteiger partial charge in [0.05, 0.1) is 28.2 Å². The molecule has 0 aliphatic heterocycles. The summed E-state index contributed by atoms with van der Waals surface area (Å²) in [7, 11) is 1.80. The Hall–Kier alpha value is -3.51. The average Bonchev–Trinajstić information content (AvgIpc) is 3.42. The molecule has 0 fully saturated rings. The zero-order chi connectivity index (χ0) is 24.6. The molecule has 1 aromatic carbocycles. The number of aromatic nitrogens is 4. The third-order valence-corrected chi connectivity index (χ3v) is 6.38. The number of aryl methyl sites for hydroxylation is 1. The second kappa shape index (κ2) is 9.03. The number of benzene rings is 1. The summed E-state index contributed by atoms with van der Waals surface area (Å²) in [6.07, 6.45) is -0.297. The quantitative estimate of drug-likeness (QED) is 0.401. The highest BCUT2D eigenvalue weighted by molar-refractivity contribution is 7.13. The Morgan fingerprint density at radius 1 is 1.15 bits per heavy atom. The van der Waals surface area contributed by atoms with E-state index in [1.807, 2.05) is 0 Å². The molecule has 1 atom stereocenters. The number of halogens is 4. The molecule has 0 bridgehead atoms. The molecule has 2 amide bonds. The number of thiazole rings is 1. The number of fused-ring (bicyclic) bond motifs is 1. The molecule has 3 aromatic heterocycles. The molecule has 4 aromatic rings. The standard InChI is InChI=1S/C21H16ClF3N6O2S/c1-10(29-19(33)16-12-5-6-31(2)17(12)28-9-27-16)20-26-8-15(34-20)18(32)30-11-3-4-14(22)13(7-11)21(23,24)25/h3-10H,1-2H3,(H,29,33)(H,30,32)/t10-/m0/s1. The number of amides is 2. The van der Waals surface area contributed by atoms with Crippen molar-refractivity contribution < 1.29 is 22.8 Å². The Morgan fingerprint density at radius 2 is 1.91 bits per heavy atom. The first kappa shape index (κ1) is 23.6. The Kier molecular flexibility index (Phi) is 6.28. The fourth-order valence-electron chi connectivity index (χ4n) is 3.19. The number of rotatable bonds is 5. The van der Waals surface area contributed by atoms with Crippen molar-refractivity contribution in [1.29, 1.82) is 0 Å². The molecule has 0 aliphatic rings. The molecule has 8 nitrogen and oxygen atoms in total. The van der Waals surface area contributed by atoms with Crippen molar-refractivity contribution in [2.75, 3.05) is 5.32 Å². The second-order valence-corrected chi connectivity index (χ2v) is 8.76. The van der Waals surface area contributed by atoms with Gasteiger partial charge in [-0.25, -0.2) is 15.0 Å². The van der Waals surface area contributed by atoms with Gasteiger partial charge in [-0.1, -0.05) is 11.6 Å². The summed E-state index contributed by atoms with van der Waals surface area (Å²) in [5.74, 6) is -1.08. The van der Waals surface area contributed by atoms with Gasteiger partial charge in [-0.3, -0.25) is 9.59 Å². The van der Waals surface area contributed by atoms with Gasteiger partial charge in [0.2, 0.25) is 0 Å². The highest BCUT2D eigenvalue weighted by Gasteiger charge is 2.33. The molecule has 0 unspecified atom stereocenters. The molecule has 0 saturated heterocycles. The number of carbonyl (C=O) groups is 2. The van der Waals surface area contributed by atoms with Crippen LogP contribution < -0.4 is 10.6 Å². The molecule has 34 heavy (non-hydrogen) atoms. The van der Waals surface area contributed by atoms with Crippen molar-refractivity contribution in [2.45, 2.75) is 19.1 Å². The van der Waals surface area contributed by atoms with Crippen LogP contribution in [0.2, 0.25) is 5.02 Å². The molecule has 2 N–H and O–H groups in total. The fraction of sp³-hybridized carbons (Fsp3) is 0.190. The predicted octanol–water partition coefficient (Wildman–Crippen LogP) is 4.84. The topological polar surface area (TPSA) is 102 Å². The van der Waals surface area contributed by atoms with E-state index in [1.165, 1.54) is 18.6 Å². The molecule has 0 spiro atoms. The van der Waals surface area contributed by atoms with Gasteiger partial charge < -0.3 is 15.2 Å². The van der Waals surface area contributed by atoms with Crippen LogP contribution in [-0.4, -0.2) is 31.3 Å². The van der Waals surface area contributed by atoms with Crippen LogP contribution in [-0.2, 0) is 13.2 Å². The van der Waals surface area contributed by atoms with Crippen molar-refractivity contribution in [3.8, 4) is 0 Å². The van der Waals surface area contributed by atoms with Crippen molar-refractivity contribution in [3.63, 3.8) is 0 Å². The molecular formula is C21H16ClF3N6O2S. The molecule has 176 valence electrons. The Bertz CT molecular complexity index is 1400. The van der Waals surface area contributed by atoms with Gasteiger partial charge >= 0.3 is 6.18 Å². The molecule has 4 rings (SSSR count). The van der Waals surface area contributed by atoms with Gasteiger partial charge in [0.15, 0.2) is 0 Å². The fourth-order valence-corrected chi connectivity index (χ4v) is 4.23. The Labute approximate surface area is 199 Å². The van der Waals surface area contributed by atoms with Crippen molar-refractivity contribution in [3.05, 3.63) is 69.2 Å². The summed E-state index contributed by atoms with van der Waals surface area (Å²) in [6.45, 7) is 1.69. The highest BCUT2D eigenvalue weighted by atomic mass is 35.5. The van der Waals surface area contributed by atoms with Gasteiger partial charge in [-0.05, 0) is 31.2 Å². The minimum Gasteiger partial charge on any atom is -0.342 e. The van der Waals surface area contributed by atoms with E-state index in [0.717, 1.165) is 23.5 Å². The number of hydrogen-bond donors (Lipinski definition) is 2. The van der Waals surface area contributed by atoms with Gasteiger partial charge in [0.1, 0.15) is 27.6 Å². The lowest BCUT2D eigenvalue weighted by atomic mass is 10.2. The number of anilines is 1. The molecule has 0 aliphatic carbocycles. The number of nitrogens with one attached hydrogen (secondary N) is 2. The van der Waals surface area contributed by atoms with E-state index in [4.69, 9.17) is 11.6 Å². The van der Waals surface area contributed by atoms with Crippen molar-refractivity contribution in [1.82, 2.24) is 24.8 Å². The molecular weight excluding hydrogens is 493 g/mol. The number of carbonyl (C=O) groups excluding carboxylic acids is 2. The summed E-state index contributed by atoms with van der Waals surface area (Å²) in [5.41, 5.74) is -0.300. The van der Waals surface area contributed by atoms with E-state index in [9.17, 15) is 22.8 Å². The van der Waals surface area contributed by atoms with Crippen LogP contribution in [0.3, 0.4) is 0 Å². The lowest BCUT2D eigenvalue weighted by Gasteiger charge is -2.12. The summed E-state index contributed by atoms with van der Waals surface area (Å²) >= 11 is 6.61. The van der Waals surface area contributed by atoms with E-state index in [-0.39, 0.29) is 16.3 Å². The highest BCUT2D eigenvalue weighted by Crippen LogP contribution is 2.36. The van der Waals surface area contributed by atoms with Gasteiger partial charge in [-0.15, -0.1) is 11.3 Å². The van der Waals surface area contributed by atoms with Crippen molar-refractivity contribution >= 4 is 51.5 Å². The lowest BCUT2D eigenvalue weighted by Crippen LogP contribution is -2.27. The van der Waals surface area contributed by atoms with Gasteiger partial charge in [0, 0.05) is 18.9 Å². The first-order chi connectivity index (χ1) is 16.0. The molecule has 3 heterocycles. The SMILES string of the molecule is C[C@H](NC(=O)c1ncnc2c1ccn2C)c1ncc(C(=O)Nc2ccc(Cl)c(C(F)(F)F)c2)s1. The van der Waals surface area contributed by atoms with E-state index >= 15 is 0 Å². The van der Waals surface area contributed by atoms with Crippen LogP contribution in [0.1, 0.15) is 43.7 Å². The normalized spacial score (nSPS) is 12.5. The van der Waals surface area contributed by atoms with E-state index in [1.54, 1.807) is 30.8 Å². The summed E-state index contributed by atoms with van der Waals surface area (Å²) in [5, 5.41) is 5.75. The zero-order valence-electron chi connectivity index (χ0n) is 17.6. The molecule has 13 heteroatoms. The van der Waals surface area contributed by atoms with E-state index in [0.29, 0.717) is 16.0 Å². The van der Waals surface area contributed by atoms with E-state index in [2.05, 4.69) is 25.6 Å². The van der Waals surface area contributed by atoms with E-state index < -0.39 is 34.6 Å². The predicted molar refractivity (Wildman–Crippen MR) is 121 cm³/mol. The Balaban J connectivity index is 1.46. The Morgan fingerprint density at radius 3 is 2.65 bits per heavy atom. The van der Waals surface area contributed by atoms with Crippen LogP contribution in [0.15, 0.2) is 43.0 Å². The van der Waals surface area contributed by atoms with Crippen LogP contribution in [0, 0.1) is 0 Å². The van der Waals surface area contributed by atoms with Crippen LogP contribution in [0.4, 0.5) is 18.9 Å². The maximum absolute atomic E-state index is 13.0. The summed E-state index contributed by atoms with van der Waals surface area (Å²) in [6, 6.07) is 4.28. The number of alkyl halides is 3. The monoisotopic (exact) mass is 508 g/mol. The molecule has 0 saturated carbocycles. The van der Waals surface area contributed by atoms with Crippen LogP contribution in [0.25, 0.3) is 11.0 Å². The second-order valence-electron chi connectivity index (χ2n) is 7.29.